The fourth-order valence-corrected chi connectivity index (χ4v) is 3.55. The molecule has 0 aliphatic rings. The van der Waals surface area contributed by atoms with Crippen LogP contribution >= 0.6 is 11.3 Å². The Labute approximate surface area is 160 Å². The van der Waals surface area contributed by atoms with Gasteiger partial charge in [0.2, 0.25) is 0 Å². The van der Waals surface area contributed by atoms with E-state index >= 15 is 0 Å². The molecule has 3 aromatic rings. The third kappa shape index (κ3) is 4.69. The van der Waals surface area contributed by atoms with Crippen molar-refractivity contribution in [2.24, 2.45) is 0 Å². The molecule has 0 spiro atoms. The summed E-state index contributed by atoms with van der Waals surface area (Å²) in [7, 11) is -3.26. The lowest BCUT2D eigenvalue weighted by atomic mass is 10.2. The van der Waals surface area contributed by atoms with Crippen LogP contribution in [0, 0.1) is 12.7 Å². The molecule has 6 nitrogen and oxygen atoms in total. The zero-order valence-corrected chi connectivity index (χ0v) is 16.1. The van der Waals surface area contributed by atoms with Gasteiger partial charge in [-0.25, -0.2) is 17.8 Å². The Morgan fingerprint density at radius 3 is 2.41 bits per heavy atom. The number of rotatable bonds is 5. The minimum atomic E-state index is -3.26. The average Bonchev–Trinajstić information content (AvgIpc) is 3.06. The van der Waals surface area contributed by atoms with Crippen molar-refractivity contribution >= 4 is 43.6 Å². The van der Waals surface area contributed by atoms with Gasteiger partial charge < -0.3 is 10.6 Å². The summed E-state index contributed by atoms with van der Waals surface area (Å²) in [5, 5.41) is 7.66. The van der Waals surface area contributed by atoms with E-state index in [0.29, 0.717) is 22.1 Å². The Bertz CT molecular complexity index is 1090. The van der Waals surface area contributed by atoms with Crippen LogP contribution in [-0.2, 0) is 9.84 Å². The number of nitrogens with one attached hydrogen (secondary N) is 2. The lowest BCUT2D eigenvalue weighted by Crippen LogP contribution is -2.12. The van der Waals surface area contributed by atoms with E-state index in [1.807, 2.05) is 0 Å². The van der Waals surface area contributed by atoms with Gasteiger partial charge in [-0.15, -0.1) is 11.3 Å². The van der Waals surface area contributed by atoms with Gasteiger partial charge >= 0.3 is 0 Å². The fraction of sp³-hybridized carbons (Fsp3) is 0.111. The van der Waals surface area contributed by atoms with E-state index < -0.39 is 21.6 Å². The van der Waals surface area contributed by atoms with Crippen LogP contribution in [0.15, 0.2) is 52.7 Å². The lowest BCUT2D eigenvalue weighted by molar-refractivity contribution is 0.102. The predicted octanol–water partition coefficient (Wildman–Crippen LogP) is 3.99. The third-order valence-corrected chi connectivity index (χ3v) is 5.59. The summed E-state index contributed by atoms with van der Waals surface area (Å²) < 4.78 is 36.5. The minimum Gasteiger partial charge on any atom is -0.332 e. The normalized spacial score (nSPS) is 11.2. The van der Waals surface area contributed by atoms with E-state index in [2.05, 4.69) is 15.6 Å². The molecule has 0 fully saturated rings. The van der Waals surface area contributed by atoms with Crippen LogP contribution in [-0.4, -0.2) is 25.6 Å². The average molecular weight is 405 g/mol. The number of sulfone groups is 1. The largest absolute Gasteiger partial charge is 0.332 e. The SMILES string of the molecule is Cc1ccc(NC(=O)c2csc(Nc3ccc(S(C)(=O)=O)cc3)n2)cc1F. The fourth-order valence-electron chi connectivity index (χ4n) is 2.21. The van der Waals surface area contributed by atoms with Crippen molar-refractivity contribution in [1.29, 1.82) is 0 Å². The van der Waals surface area contributed by atoms with Crippen LogP contribution in [0.5, 0.6) is 0 Å². The summed E-state index contributed by atoms with van der Waals surface area (Å²) in [4.78, 5) is 16.7. The second-order valence-electron chi connectivity index (χ2n) is 5.88. The van der Waals surface area contributed by atoms with Crippen molar-refractivity contribution in [3.63, 3.8) is 0 Å². The molecular weight excluding hydrogens is 389 g/mol. The first-order chi connectivity index (χ1) is 12.7. The lowest BCUT2D eigenvalue weighted by Gasteiger charge is -2.05. The molecule has 3 rings (SSSR count). The number of carbonyl (C=O) groups excluding carboxylic acids is 1. The van der Waals surface area contributed by atoms with Crippen molar-refractivity contribution < 1.29 is 17.6 Å². The Balaban J connectivity index is 1.68. The molecule has 2 aromatic carbocycles. The molecule has 0 bridgehead atoms. The number of hydrogen-bond acceptors (Lipinski definition) is 6. The summed E-state index contributed by atoms with van der Waals surface area (Å²) >= 11 is 1.22. The summed E-state index contributed by atoms with van der Waals surface area (Å²) in [5.41, 5.74) is 1.68. The van der Waals surface area contributed by atoms with Crippen molar-refractivity contribution in [2.45, 2.75) is 11.8 Å². The number of aryl methyl sites for hydroxylation is 1. The number of hydrogen-bond donors (Lipinski definition) is 2. The number of anilines is 3. The molecule has 27 heavy (non-hydrogen) atoms. The van der Waals surface area contributed by atoms with Crippen LogP contribution in [0.25, 0.3) is 0 Å². The van der Waals surface area contributed by atoms with Gasteiger partial charge in [-0.1, -0.05) is 6.07 Å². The number of carbonyl (C=O) groups is 1. The van der Waals surface area contributed by atoms with Gasteiger partial charge in [0.05, 0.1) is 4.90 Å². The third-order valence-electron chi connectivity index (χ3n) is 3.70. The highest BCUT2D eigenvalue weighted by molar-refractivity contribution is 7.90. The molecule has 9 heteroatoms. The molecule has 0 atom stereocenters. The molecule has 0 saturated heterocycles. The first-order valence-corrected chi connectivity index (χ1v) is 10.6. The van der Waals surface area contributed by atoms with Gasteiger partial charge in [-0.2, -0.15) is 0 Å². The Kier molecular flexibility index (Phi) is 5.24. The molecule has 140 valence electrons. The second-order valence-corrected chi connectivity index (χ2v) is 8.75. The maximum atomic E-state index is 13.6. The minimum absolute atomic E-state index is 0.191. The predicted molar refractivity (Wildman–Crippen MR) is 104 cm³/mol. The maximum Gasteiger partial charge on any atom is 0.275 e. The van der Waals surface area contributed by atoms with Gasteiger partial charge in [-0.3, -0.25) is 4.79 Å². The molecule has 1 heterocycles. The molecule has 0 unspecified atom stereocenters. The Morgan fingerprint density at radius 1 is 1.11 bits per heavy atom. The molecule has 1 aromatic heterocycles. The number of nitrogens with zero attached hydrogens (tertiary/aromatic N) is 1. The van der Waals surface area contributed by atoms with Crippen molar-refractivity contribution in [3.05, 3.63) is 64.9 Å². The molecule has 0 saturated carbocycles. The highest BCUT2D eigenvalue weighted by Crippen LogP contribution is 2.23. The smallest absolute Gasteiger partial charge is 0.275 e. The monoisotopic (exact) mass is 405 g/mol. The first-order valence-electron chi connectivity index (χ1n) is 7.82. The second kappa shape index (κ2) is 7.45. The van der Waals surface area contributed by atoms with E-state index in [9.17, 15) is 17.6 Å². The Morgan fingerprint density at radius 2 is 1.78 bits per heavy atom. The number of halogens is 1. The summed E-state index contributed by atoms with van der Waals surface area (Å²) in [5.74, 6) is -0.846. The topological polar surface area (TPSA) is 88.2 Å². The van der Waals surface area contributed by atoms with Gasteiger partial charge in [0.25, 0.3) is 5.91 Å². The van der Waals surface area contributed by atoms with E-state index in [1.54, 1.807) is 36.6 Å². The maximum absolute atomic E-state index is 13.6. The molecule has 0 aliphatic heterocycles. The van der Waals surface area contributed by atoms with Crippen LogP contribution in [0.2, 0.25) is 0 Å². The van der Waals surface area contributed by atoms with Gasteiger partial charge in [0, 0.05) is 23.0 Å². The molecular formula is C18H16FN3O3S2. The zero-order valence-electron chi connectivity index (χ0n) is 14.5. The molecule has 2 N–H and O–H groups in total. The standard InChI is InChI=1S/C18H16FN3O3S2/c1-11-3-4-13(9-15(11)19)20-17(23)16-10-26-18(22-16)21-12-5-7-14(8-6-12)27(2,24)25/h3-10H,1-2H3,(H,20,23)(H,21,22). The van der Waals surface area contributed by atoms with E-state index in [4.69, 9.17) is 0 Å². The quantitative estimate of drug-likeness (QED) is 0.670. The van der Waals surface area contributed by atoms with Crippen molar-refractivity contribution in [3.8, 4) is 0 Å². The number of aromatic nitrogens is 1. The number of thiazole rings is 1. The van der Waals surface area contributed by atoms with Crippen LogP contribution in [0.1, 0.15) is 16.1 Å². The van der Waals surface area contributed by atoms with Crippen molar-refractivity contribution in [2.75, 3.05) is 16.9 Å². The highest BCUT2D eigenvalue weighted by Gasteiger charge is 2.12. The van der Waals surface area contributed by atoms with Crippen molar-refractivity contribution in [1.82, 2.24) is 4.98 Å². The van der Waals surface area contributed by atoms with E-state index in [-0.39, 0.29) is 10.6 Å². The van der Waals surface area contributed by atoms with Crippen LogP contribution in [0.3, 0.4) is 0 Å². The van der Waals surface area contributed by atoms with E-state index in [0.717, 1.165) is 6.26 Å². The van der Waals surface area contributed by atoms with Gasteiger partial charge in [0.1, 0.15) is 11.5 Å². The van der Waals surface area contributed by atoms with Crippen LogP contribution < -0.4 is 10.6 Å². The summed E-state index contributed by atoms with van der Waals surface area (Å²) in [6.45, 7) is 1.64. The highest BCUT2D eigenvalue weighted by atomic mass is 32.2. The zero-order chi connectivity index (χ0) is 19.6. The molecule has 0 radical (unpaired) electrons. The molecule has 0 aliphatic carbocycles. The van der Waals surface area contributed by atoms with Gasteiger partial charge in [0.15, 0.2) is 15.0 Å². The van der Waals surface area contributed by atoms with Crippen LogP contribution in [0.4, 0.5) is 20.9 Å². The summed E-state index contributed by atoms with van der Waals surface area (Å²) in [6.07, 6.45) is 1.14. The molecule has 1 amide bonds. The first kappa shape index (κ1) is 19.0. The Hall–Kier alpha value is -2.78. The van der Waals surface area contributed by atoms with E-state index in [1.165, 1.54) is 29.5 Å². The number of benzene rings is 2. The van der Waals surface area contributed by atoms with Gasteiger partial charge in [-0.05, 0) is 48.9 Å². The number of amides is 1. The summed E-state index contributed by atoms with van der Waals surface area (Å²) in [6, 6.07) is 10.7.